The van der Waals surface area contributed by atoms with Crippen LogP contribution < -0.4 is 0 Å². The second-order valence-corrected chi connectivity index (χ2v) is 21.7. The van der Waals surface area contributed by atoms with Crippen LogP contribution in [0.3, 0.4) is 0 Å². The fourth-order valence-electron chi connectivity index (χ4n) is 6.74. The molecule has 0 heterocycles. The van der Waals surface area contributed by atoms with E-state index in [1.165, 1.54) is 26.8 Å². The van der Waals surface area contributed by atoms with E-state index in [1.54, 1.807) is 68.2 Å². The van der Waals surface area contributed by atoms with Crippen molar-refractivity contribution in [3.8, 4) is 0 Å². The molecule has 11 heteroatoms. The van der Waals surface area contributed by atoms with E-state index >= 15 is 0 Å². The van der Waals surface area contributed by atoms with Gasteiger partial charge in [-0.15, -0.1) is 0 Å². The molecule has 0 N–H and O–H groups in total. The number of hydrogen-bond donors (Lipinski definition) is 0. The van der Waals surface area contributed by atoms with Gasteiger partial charge in [0.2, 0.25) is 0 Å². The lowest BCUT2D eigenvalue weighted by atomic mass is 10.1. The van der Waals surface area contributed by atoms with Crippen LogP contribution in [0.1, 0.15) is 74.1 Å². The van der Waals surface area contributed by atoms with E-state index < -0.39 is 10.1 Å². The Labute approximate surface area is 386 Å². The molecule has 0 amide bonds. The summed E-state index contributed by atoms with van der Waals surface area (Å²) in [7, 11) is -4.62. The molecule has 0 unspecified atom stereocenters. The normalized spacial score (nSPS) is 11.2. The van der Waals surface area contributed by atoms with Gasteiger partial charge in [0.15, 0.2) is 32.0 Å². The van der Waals surface area contributed by atoms with E-state index in [0.29, 0.717) is 0 Å². The number of carbonyl (C=O) groups is 3. The van der Waals surface area contributed by atoms with Gasteiger partial charge < -0.3 is 4.55 Å². The van der Waals surface area contributed by atoms with Crippen molar-refractivity contribution in [3.05, 3.63) is 191 Å². The molecule has 0 aliphatic rings. The predicted octanol–water partition coefficient (Wildman–Crippen LogP) is 13.7. The number of ketones is 3. The number of aryl methyl sites for hydroxylation is 4. The van der Waals surface area contributed by atoms with Gasteiger partial charge in [0.1, 0.15) is 10.1 Å². The SMILES string of the molecule is CC(=O)c1ccc(Sc2ccc([S+](c3ccc(Sc4ccc(C(C)=O)c(C)c4)cc3)c3ccc(Sc4ccc(C(C)=O)c(C)c4)cc3)cc2)cc1C.Cc1ccc(S(=O)(=O)[O-])cc1. The highest BCUT2D eigenvalue weighted by molar-refractivity contribution is 8.00. The lowest BCUT2D eigenvalue weighted by Crippen LogP contribution is -2.04. The Morgan fingerprint density at radius 1 is 0.413 bits per heavy atom. The largest absolute Gasteiger partial charge is 0.744 e. The molecular weight excluding hydrogens is 881 g/mol. The topological polar surface area (TPSA) is 108 Å². The molecule has 0 atom stereocenters. The van der Waals surface area contributed by atoms with Crippen LogP contribution in [0.2, 0.25) is 0 Å². The molecule has 7 aromatic carbocycles. The second-order valence-electron chi connectivity index (χ2n) is 14.9. The van der Waals surface area contributed by atoms with Crippen molar-refractivity contribution in [1.82, 2.24) is 0 Å². The van der Waals surface area contributed by atoms with Gasteiger partial charge in [-0.1, -0.05) is 71.2 Å². The number of hydrogen-bond acceptors (Lipinski definition) is 9. The molecule has 7 aromatic rings. The zero-order valence-corrected chi connectivity index (χ0v) is 40.0. The van der Waals surface area contributed by atoms with Crippen molar-refractivity contribution in [1.29, 1.82) is 0 Å². The third-order valence-electron chi connectivity index (χ3n) is 9.93. The monoisotopic (exact) mass is 926 g/mol. The predicted molar refractivity (Wildman–Crippen MR) is 257 cm³/mol. The van der Waals surface area contributed by atoms with Crippen LogP contribution in [0, 0.1) is 27.7 Å². The molecule has 0 aliphatic carbocycles. The van der Waals surface area contributed by atoms with Crippen LogP contribution in [-0.2, 0) is 21.0 Å². The maximum absolute atomic E-state index is 11.9. The van der Waals surface area contributed by atoms with E-state index in [4.69, 9.17) is 0 Å². The zero-order valence-electron chi connectivity index (χ0n) is 35.9. The van der Waals surface area contributed by atoms with Crippen LogP contribution in [-0.4, -0.2) is 30.3 Å². The quantitative estimate of drug-likeness (QED) is 0.0634. The second kappa shape index (κ2) is 21.0. The highest BCUT2D eigenvalue weighted by Crippen LogP contribution is 2.38. The van der Waals surface area contributed by atoms with Gasteiger partial charge in [-0.3, -0.25) is 14.4 Å². The van der Waals surface area contributed by atoms with Crippen LogP contribution >= 0.6 is 35.3 Å². The minimum atomic E-state index is -4.27. The third kappa shape index (κ3) is 12.7. The minimum Gasteiger partial charge on any atom is -0.744 e. The summed E-state index contributed by atoms with van der Waals surface area (Å²) in [5, 5.41) is 0. The van der Waals surface area contributed by atoms with E-state index in [0.717, 1.165) is 68.3 Å². The lowest BCUT2D eigenvalue weighted by Gasteiger charge is -2.11. The standard InChI is InChI=1S/C45H39O3S4.C7H8O3S/c1-28-25-37(13-22-43(28)31(4)46)49-34-7-16-40(17-8-34)52(41-18-9-35(10-19-41)50-38-14-23-44(32(5)47)29(2)26-38)42-20-11-36(12-21-42)51-39-15-24-45(33(6)48)30(3)27-39;1-6-2-4-7(5-3-6)11(8,9)10/h7-27H,1-6H3;2-5H,1H3,(H,8,9,10)/q+1;/p-1. The molecule has 0 radical (unpaired) electrons. The summed E-state index contributed by atoms with van der Waals surface area (Å²) >= 11 is 5.09. The van der Waals surface area contributed by atoms with Gasteiger partial charge in [-0.2, -0.15) is 0 Å². The summed E-state index contributed by atoms with van der Waals surface area (Å²) in [6.45, 7) is 12.6. The Morgan fingerprint density at radius 3 is 0.921 bits per heavy atom. The Kier molecular flexibility index (Phi) is 15.8. The van der Waals surface area contributed by atoms with E-state index in [1.807, 2.05) is 64.1 Å². The van der Waals surface area contributed by atoms with Crippen molar-refractivity contribution in [2.24, 2.45) is 0 Å². The summed E-state index contributed by atoms with van der Waals surface area (Å²) in [5.41, 5.74) is 6.19. The highest BCUT2D eigenvalue weighted by Gasteiger charge is 2.29. The molecule has 0 saturated heterocycles. The number of benzene rings is 7. The van der Waals surface area contributed by atoms with Gasteiger partial charge in [0, 0.05) is 46.1 Å². The van der Waals surface area contributed by atoms with Crippen LogP contribution in [0.4, 0.5) is 0 Å². The molecule has 320 valence electrons. The molecule has 0 bridgehead atoms. The smallest absolute Gasteiger partial charge is 0.166 e. The molecule has 63 heavy (non-hydrogen) atoms. The van der Waals surface area contributed by atoms with Crippen molar-refractivity contribution >= 4 is 73.6 Å². The van der Waals surface area contributed by atoms with Gasteiger partial charge in [-0.25, -0.2) is 8.42 Å². The number of carbonyl (C=O) groups excluding carboxylic acids is 3. The fourth-order valence-corrected chi connectivity index (χ4v) is 12.0. The van der Waals surface area contributed by atoms with E-state index in [-0.39, 0.29) is 33.1 Å². The Morgan fingerprint density at radius 2 is 0.683 bits per heavy atom. The summed E-state index contributed by atoms with van der Waals surface area (Å²) in [6.07, 6.45) is 0. The Hall–Kier alpha value is -5.14. The molecule has 0 fully saturated rings. The molecule has 0 saturated carbocycles. The van der Waals surface area contributed by atoms with Gasteiger partial charge in [0.25, 0.3) is 0 Å². The van der Waals surface area contributed by atoms with Crippen molar-refractivity contribution < 1.29 is 27.4 Å². The first-order valence-electron chi connectivity index (χ1n) is 19.9. The summed E-state index contributed by atoms with van der Waals surface area (Å²) in [5.74, 6) is 0.251. The molecule has 0 spiro atoms. The first kappa shape index (κ1) is 47.3. The highest BCUT2D eigenvalue weighted by atomic mass is 32.2. The number of rotatable bonds is 13. The Balaban J connectivity index is 0.000000524. The van der Waals surface area contributed by atoms with Crippen LogP contribution in [0.15, 0.2) is 201 Å². The van der Waals surface area contributed by atoms with Gasteiger partial charge >= 0.3 is 0 Å². The average Bonchev–Trinajstić information content (AvgIpc) is 3.22. The molecule has 7 rings (SSSR count). The third-order valence-corrected chi connectivity index (χ3v) is 16.0. The van der Waals surface area contributed by atoms with E-state index in [9.17, 15) is 27.4 Å². The molecule has 6 nitrogen and oxygen atoms in total. The van der Waals surface area contributed by atoms with Crippen molar-refractivity contribution in [3.63, 3.8) is 0 Å². The first-order valence-corrected chi connectivity index (χ1v) is 25.0. The molecular formula is C52H46O6S5. The zero-order chi connectivity index (χ0) is 45.4. The van der Waals surface area contributed by atoms with Crippen molar-refractivity contribution in [2.75, 3.05) is 0 Å². The van der Waals surface area contributed by atoms with Crippen LogP contribution in [0.25, 0.3) is 0 Å². The summed E-state index contributed by atoms with van der Waals surface area (Å²) < 4.78 is 31.2. The average molecular weight is 927 g/mol. The summed E-state index contributed by atoms with van der Waals surface area (Å²) in [4.78, 5) is 46.0. The van der Waals surface area contributed by atoms with Crippen LogP contribution in [0.5, 0.6) is 0 Å². The molecule has 0 aliphatic heterocycles. The Bertz CT molecular complexity index is 2630. The van der Waals surface area contributed by atoms with Crippen molar-refractivity contribution in [2.45, 2.75) is 97.4 Å². The fraction of sp³-hybridized carbons (Fsp3) is 0.135. The van der Waals surface area contributed by atoms with Gasteiger partial charge in [-0.05, 0) is 186 Å². The van der Waals surface area contributed by atoms with E-state index in [2.05, 4.69) is 91.0 Å². The maximum Gasteiger partial charge on any atom is 0.166 e. The maximum atomic E-state index is 11.9. The lowest BCUT2D eigenvalue weighted by molar-refractivity contribution is 0.100. The van der Waals surface area contributed by atoms with Gasteiger partial charge in [0.05, 0.1) is 15.8 Å². The molecule has 0 aromatic heterocycles. The minimum absolute atomic E-state index is 0.0838. The summed E-state index contributed by atoms with van der Waals surface area (Å²) in [6, 6.07) is 50.3. The number of Topliss-reactive ketones (excluding diaryl/α,β-unsaturated/α-hetero) is 3. The first-order chi connectivity index (χ1) is 29.9.